The number of nitrogens with one attached hydrogen (secondary N) is 3. The first-order chi connectivity index (χ1) is 14.0. The fourth-order valence-corrected chi connectivity index (χ4v) is 3.67. The van der Waals surface area contributed by atoms with Gasteiger partial charge in [0.1, 0.15) is 6.04 Å². The zero-order valence-electron chi connectivity index (χ0n) is 17.9. The van der Waals surface area contributed by atoms with E-state index in [0.717, 1.165) is 12.1 Å². The minimum absolute atomic E-state index is 0. The zero-order chi connectivity index (χ0) is 20.8. The van der Waals surface area contributed by atoms with Crippen LogP contribution >= 0.6 is 12.4 Å². The standard InChI is InChI=1S/C24H31N3O2.ClH/c1-4-17-9-11-20(12-10-17)26-24(29)22(13-16(2)3)27-23(28)21-14-18-7-5-6-8-19(18)15-25-21;/h5-12,16,21-22,25H,4,13-15H2,1-3H3,(H,26,29)(H,27,28);1H/t21-,22-;/m0./s1. The summed E-state index contributed by atoms with van der Waals surface area (Å²) < 4.78 is 0. The monoisotopic (exact) mass is 429 g/mol. The topological polar surface area (TPSA) is 70.2 Å². The molecule has 0 saturated heterocycles. The summed E-state index contributed by atoms with van der Waals surface area (Å²) in [5.41, 5.74) is 4.38. The quantitative estimate of drug-likeness (QED) is 0.626. The Balaban J connectivity index is 0.00000320. The van der Waals surface area contributed by atoms with Gasteiger partial charge in [0, 0.05) is 12.2 Å². The van der Waals surface area contributed by atoms with Gasteiger partial charge in [0.15, 0.2) is 0 Å². The summed E-state index contributed by atoms with van der Waals surface area (Å²) in [6, 6.07) is 15.1. The van der Waals surface area contributed by atoms with Crippen LogP contribution in [0.5, 0.6) is 0 Å². The predicted molar refractivity (Wildman–Crippen MR) is 124 cm³/mol. The van der Waals surface area contributed by atoms with E-state index in [-0.39, 0.29) is 36.2 Å². The van der Waals surface area contributed by atoms with E-state index in [4.69, 9.17) is 0 Å². The van der Waals surface area contributed by atoms with Gasteiger partial charge in [-0.1, -0.05) is 57.2 Å². The highest BCUT2D eigenvalue weighted by Gasteiger charge is 2.28. The molecule has 6 heteroatoms. The highest BCUT2D eigenvalue weighted by Crippen LogP contribution is 2.17. The van der Waals surface area contributed by atoms with Crippen LogP contribution in [0.3, 0.4) is 0 Å². The maximum Gasteiger partial charge on any atom is 0.246 e. The van der Waals surface area contributed by atoms with Gasteiger partial charge in [-0.05, 0) is 54.0 Å². The van der Waals surface area contributed by atoms with Gasteiger partial charge in [0.25, 0.3) is 0 Å². The molecule has 2 amide bonds. The Morgan fingerprint density at radius 2 is 1.73 bits per heavy atom. The number of hydrogen-bond donors (Lipinski definition) is 3. The van der Waals surface area contributed by atoms with Gasteiger partial charge in [-0.25, -0.2) is 0 Å². The van der Waals surface area contributed by atoms with Gasteiger partial charge in [-0.15, -0.1) is 12.4 Å². The van der Waals surface area contributed by atoms with Crippen molar-refractivity contribution in [1.82, 2.24) is 10.6 Å². The van der Waals surface area contributed by atoms with Crippen molar-refractivity contribution in [1.29, 1.82) is 0 Å². The lowest BCUT2D eigenvalue weighted by Crippen LogP contribution is -2.53. The summed E-state index contributed by atoms with van der Waals surface area (Å²) in [7, 11) is 0. The normalized spacial score (nSPS) is 16.2. The molecule has 1 aliphatic heterocycles. The molecule has 0 bridgehead atoms. The summed E-state index contributed by atoms with van der Waals surface area (Å²) in [6.45, 7) is 6.87. The number of carbonyl (C=O) groups excluding carboxylic acids is 2. The van der Waals surface area contributed by atoms with Gasteiger partial charge >= 0.3 is 0 Å². The van der Waals surface area contributed by atoms with Gasteiger partial charge in [-0.3, -0.25) is 9.59 Å². The van der Waals surface area contributed by atoms with E-state index < -0.39 is 6.04 Å². The van der Waals surface area contributed by atoms with Crippen LogP contribution in [0.15, 0.2) is 48.5 Å². The number of hydrogen-bond acceptors (Lipinski definition) is 3. The van der Waals surface area contributed by atoms with Crippen molar-refractivity contribution in [2.24, 2.45) is 5.92 Å². The SMILES string of the molecule is CCc1ccc(NC(=O)[C@H](CC(C)C)NC(=O)[C@@H]2Cc3ccccc3CN2)cc1.Cl. The number of carbonyl (C=O) groups is 2. The van der Waals surface area contributed by atoms with Crippen LogP contribution in [-0.2, 0) is 29.0 Å². The molecule has 162 valence electrons. The van der Waals surface area contributed by atoms with Crippen LogP contribution in [0.2, 0.25) is 0 Å². The fourth-order valence-electron chi connectivity index (χ4n) is 3.67. The number of anilines is 1. The molecule has 5 nitrogen and oxygen atoms in total. The van der Waals surface area contributed by atoms with Crippen molar-refractivity contribution in [3.63, 3.8) is 0 Å². The summed E-state index contributed by atoms with van der Waals surface area (Å²) in [5, 5.41) is 9.22. The van der Waals surface area contributed by atoms with E-state index >= 15 is 0 Å². The minimum Gasteiger partial charge on any atom is -0.343 e. The molecule has 1 aliphatic rings. The Labute approximate surface area is 185 Å². The highest BCUT2D eigenvalue weighted by atomic mass is 35.5. The molecule has 0 aromatic heterocycles. The number of amides is 2. The zero-order valence-corrected chi connectivity index (χ0v) is 18.7. The summed E-state index contributed by atoms with van der Waals surface area (Å²) in [6.07, 6.45) is 2.18. The lowest BCUT2D eigenvalue weighted by Gasteiger charge is -2.28. The molecule has 30 heavy (non-hydrogen) atoms. The Morgan fingerprint density at radius 1 is 1.07 bits per heavy atom. The van der Waals surface area contributed by atoms with Gasteiger partial charge in [-0.2, -0.15) is 0 Å². The number of rotatable bonds is 7. The third-order valence-electron chi connectivity index (χ3n) is 5.37. The van der Waals surface area contributed by atoms with Gasteiger partial charge < -0.3 is 16.0 Å². The van der Waals surface area contributed by atoms with Crippen LogP contribution in [0.1, 0.15) is 43.9 Å². The molecule has 2 aromatic rings. The molecule has 0 aliphatic carbocycles. The van der Waals surface area contributed by atoms with Crippen molar-refractivity contribution >= 4 is 29.9 Å². The molecule has 1 heterocycles. The highest BCUT2D eigenvalue weighted by molar-refractivity contribution is 5.98. The number of halogens is 1. The lowest BCUT2D eigenvalue weighted by molar-refractivity contribution is -0.128. The van der Waals surface area contributed by atoms with E-state index in [0.29, 0.717) is 19.4 Å². The first-order valence-electron chi connectivity index (χ1n) is 10.5. The fraction of sp³-hybridized carbons (Fsp3) is 0.417. The Morgan fingerprint density at radius 3 is 2.37 bits per heavy atom. The molecular formula is C24H32ClN3O2. The maximum absolute atomic E-state index is 12.9. The van der Waals surface area contributed by atoms with E-state index in [9.17, 15) is 9.59 Å². The van der Waals surface area contributed by atoms with Gasteiger partial charge in [0.05, 0.1) is 6.04 Å². The van der Waals surface area contributed by atoms with Crippen LogP contribution in [0.25, 0.3) is 0 Å². The smallest absolute Gasteiger partial charge is 0.246 e. The third-order valence-corrected chi connectivity index (χ3v) is 5.37. The van der Waals surface area contributed by atoms with E-state index in [1.54, 1.807) is 0 Å². The molecule has 0 saturated carbocycles. The summed E-state index contributed by atoms with van der Waals surface area (Å²) in [4.78, 5) is 25.8. The Kier molecular flexibility index (Phi) is 8.88. The molecule has 3 rings (SSSR count). The van der Waals surface area contributed by atoms with Crippen molar-refractivity contribution < 1.29 is 9.59 Å². The molecule has 0 fully saturated rings. The maximum atomic E-state index is 12.9. The molecule has 3 N–H and O–H groups in total. The molecule has 0 spiro atoms. The van der Waals surface area contributed by atoms with E-state index in [1.807, 2.05) is 36.4 Å². The Bertz CT molecular complexity index is 852. The summed E-state index contributed by atoms with van der Waals surface area (Å²) >= 11 is 0. The Hall–Kier alpha value is -2.37. The van der Waals surface area contributed by atoms with Crippen LogP contribution in [0.4, 0.5) is 5.69 Å². The second kappa shape index (κ2) is 11.1. The van der Waals surface area contributed by atoms with Gasteiger partial charge in [0.2, 0.25) is 11.8 Å². The second-order valence-electron chi connectivity index (χ2n) is 8.14. The molecule has 0 radical (unpaired) electrons. The molecule has 2 aromatic carbocycles. The molecule has 2 atom stereocenters. The number of fused-ring (bicyclic) bond motifs is 1. The van der Waals surface area contributed by atoms with Crippen LogP contribution in [0, 0.1) is 5.92 Å². The average molecular weight is 430 g/mol. The predicted octanol–water partition coefficient (Wildman–Crippen LogP) is 3.85. The van der Waals surface area contributed by atoms with E-state index in [1.165, 1.54) is 16.7 Å². The number of benzene rings is 2. The minimum atomic E-state index is -0.563. The summed E-state index contributed by atoms with van der Waals surface area (Å²) in [5.74, 6) is -0.0114. The van der Waals surface area contributed by atoms with Crippen molar-refractivity contribution in [2.45, 2.75) is 58.7 Å². The third kappa shape index (κ3) is 6.31. The van der Waals surface area contributed by atoms with Crippen LogP contribution in [-0.4, -0.2) is 23.9 Å². The molecular weight excluding hydrogens is 398 g/mol. The van der Waals surface area contributed by atoms with Crippen molar-refractivity contribution in [3.8, 4) is 0 Å². The van der Waals surface area contributed by atoms with E-state index in [2.05, 4.69) is 48.9 Å². The lowest BCUT2D eigenvalue weighted by atomic mass is 9.95. The number of aryl methyl sites for hydroxylation is 1. The first-order valence-corrected chi connectivity index (χ1v) is 10.5. The second-order valence-corrected chi connectivity index (χ2v) is 8.14. The van der Waals surface area contributed by atoms with Crippen molar-refractivity contribution in [3.05, 3.63) is 65.2 Å². The molecule has 0 unspecified atom stereocenters. The largest absolute Gasteiger partial charge is 0.343 e. The first kappa shape index (κ1) is 23.9. The van der Waals surface area contributed by atoms with Crippen molar-refractivity contribution in [2.75, 3.05) is 5.32 Å². The van der Waals surface area contributed by atoms with Crippen LogP contribution < -0.4 is 16.0 Å². The average Bonchev–Trinajstić information content (AvgIpc) is 2.73.